The van der Waals surface area contributed by atoms with E-state index in [1.807, 2.05) is 12.1 Å². The van der Waals surface area contributed by atoms with Crippen LogP contribution in [0.1, 0.15) is 73.8 Å². The molecule has 1 aliphatic heterocycles. The number of pyridine rings is 1. The van der Waals surface area contributed by atoms with Crippen molar-refractivity contribution in [1.82, 2.24) is 10.3 Å². The van der Waals surface area contributed by atoms with Crippen LogP contribution >= 0.6 is 0 Å². The maximum absolute atomic E-state index is 12.5. The minimum absolute atomic E-state index is 0.00360. The highest BCUT2D eigenvalue weighted by Crippen LogP contribution is 2.38. The number of hydrogen-bond donors (Lipinski definition) is 2. The van der Waals surface area contributed by atoms with Crippen molar-refractivity contribution in [3.05, 3.63) is 75.2 Å². The van der Waals surface area contributed by atoms with Gasteiger partial charge in [0.25, 0.3) is 5.56 Å². The van der Waals surface area contributed by atoms with E-state index < -0.39 is 0 Å². The Bertz CT molecular complexity index is 934. The van der Waals surface area contributed by atoms with Gasteiger partial charge in [0.05, 0.1) is 0 Å². The first kappa shape index (κ1) is 17.8. The third-order valence-corrected chi connectivity index (χ3v) is 5.53. The predicted molar refractivity (Wildman–Crippen MR) is 108 cm³/mol. The molecule has 2 N–H and O–H groups in total. The first-order valence-corrected chi connectivity index (χ1v) is 9.86. The highest BCUT2D eigenvalue weighted by atomic mass is 16.2. The van der Waals surface area contributed by atoms with Gasteiger partial charge >= 0.3 is 0 Å². The summed E-state index contributed by atoms with van der Waals surface area (Å²) in [6, 6.07) is 12.5. The fourth-order valence-corrected chi connectivity index (χ4v) is 3.71. The lowest BCUT2D eigenvalue weighted by Crippen LogP contribution is -2.23. The lowest BCUT2D eigenvalue weighted by atomic mass is 9.95. The Morgan fingerprint density at radius 3 is 2.33 bits per heavy atom. The molecule has 0 radical (unpaired) electrons. The Labute approximate surface area is 159 Å². The molecule has 0 spiro atoms. The van der Waals surface area contributed by atoms with Gasteiger partial charge in [-0.15, -0.1) is 0 Å². The van der Waals surface area contributed by atoms with E-state index in [1.165, 1.54) is 5.56 Å². The van der Waals surface area contributed by atoms with Gasteiger partial charge in [-0.1, -0.05) is 50.3 Å². The number of carbonyl (C=O) groups excluding carboxylic acids is 1. The first-order valence-electron chi connectivity index (χ1n) is 9.86. The van der Waals surface area contributed by atoms with E-state index in [0.29, 0.717) is 18.3 Å². The fraction of sp³-hybridized carbons (Fsp3) is 0.391. The van der Waals surface area contributed by atoms with E-state index in [9.17, 15) is 9.59 Å². The second kappa shape index (κ2) is 7.18. The van der Waals surface area contributed by atoms with Crippen molar-refractivity contribution in [1.29, 1.82) is 0 Å². The van der Waals surface area contributed by atoms with Crippen LogP contribution in [-0.2, 0) is 4.79 Å². The summed E-state index contributed by atoms with van der Waals surface area (Å²) in [6.45, 7) is 4.35. The van der Waals surface area contributed by atoms with Gasteiger partial charge in [0.1, 0.15) is 0 Å². The second-order valence-electron chi connectivity index (χ2n) is 8.00. The van der Waals surface area contributed by atoms with Crippen molar-refractivity contribution in [2.75, 3.05) is 0 Å². The van der Waals surface area contributed by atoms with Crippen LogP contribution in [0.15, 0.2) is 47.3 Å². The molecule has 1 saturated carbocycles. The van der Waals surface area contributed by atoms with E-state index in [-0.39, 0.29) is 17.5 Å². The summed E-state index contributed by atoms with van der Waals surface area (Å²) in [5, 5.41) is 3.00. The van der Waals surface area contributed by atoms with Gasteiger partial charge in [-0.25, -0.2) is 0 Å². The SMILES string of the molecule is CC(C)c1ccc(/C(=C/[C@H]2CCC(=O)N2)c2ccc(C3CC3)c(=O)[nH]2)cc1. The molecular formula is C23H26N2O2. The number of nitrogens with one attached hydrogen (secondary N) is 2. The van der Waals surface area contributed by atoms with E-state index in [1.54, 1.807) is 0 Å². The van der Waals surface area contributed by atoms with Gasteiger partial charge < -0.3 is 10.3 Å². The number of hydrogen-bond acceptors (Lipinski definition) is 2. The Hall–Kier alpha value is -2.62. The summed E-state index contributed by atoms with van der Waals surface area (Å²) in [5.74, 6) is 0.983. The number of carbonyl (C=O) groups is 1. The van der Waals surface area contributed by atoms with Gasteiger partial charge in [0.2, 0.25) is 5.91 Å². The fourth-order valence-electron chi connectivity index (χ4n) is 3.71. The molecule has 27 heavy (non-hydrogen) atoms. The zero-order chi connectivity index (χ0) is 19.0. The van der Waals surface area contributed by atoms with Gasteiger partial charge in [0.15, 0.2) is 0 Å². The van der Waals surface area contributed by atoms with Crippen LogP contribution < -0.4 is 10.9 Å². The standard InChI is InChI=1S/C23H26N2O2/c1-14(2)15-3-5-17(6-4-15)20(13-18-9-12-22(26)24-18)21-11-10-19(16-7-8-16)23(27)25-21/h3-6,10-11,13-14,16,18H,7-9,12H2,1-2H3,(H,24,26)(H,25,27)/b20-13-/t18-/m1/s1. The van der Waals surface area contributed by atoms with Crippen LogP contribution in [0.4, 0.5) is 0 Å². The molecular weight excluding hydrogens is 336 g/mol. The second-order valence-corrected chi connectivity index (χ2v) is 8.00. The lowest BCUT2D eigenvalue weighted by molar-refractivity contribution is -0.119. The molecule has 2 heterocycles. The molecule has 1 aromatic carbocycles. The van der Waals surface area contributed by atoms with E-state index in [0.717, 1.165) is 41.7 Å². The predicted octanol–water partition coefficient (Wildman–Crippen LogP) is 4.09. The Morgan fingerprint density at radius 1 is 1.04 bits per heavy atom. The molecule has 2 fully saturated rings. The van der Waals surface area contributed by atoms with E-state index in [4.69, 9.17) is 0 Å². The Balaban J connectivity index is 1.73. The average Bonchev–Trinajstić information content (AvgIpc) is 3.41. The molecule has 2 aliphatic rings. The summed E-state index contributed by atoms with van der Waals surface area (Å²) in [6.07, 6.45) is 5.64. The molecule has 4 heteroatoms. The molecule has 1 amide bonds. The largest absolute Gasteiger partial charge is 0.350 e. The number of benzene rings is 1. The summed E-state index contributed by atoms with van der Waals surface area (Å²) in [5.41, 5.74) is 5.01. The minimum Gasteiger partial charge on any atom is -0.350 e. The van der Waals surface area contributed by atoms with Gasteiger partial charge in [-0.05, 0) is 48.3 Å². The van der Waals surface area contributed by atoms with Crippen molar-refractivity contribution in [3.8, 4) is 0 Å². The molecule has 4 nitrogen and oxygen atoms in total. The molecule has 2 aromatic rings. The highest BCUT2D eigenvalue weighted by molar-refractivity contribution is 5.82. The number of amides is 1. The molecule has 4 rings (SSSR count). The average molecular weight is 362 g/mol. The van der Waals surface area contributed by atoms with Crippen LogP contribution in [0.3, 0.4) is 0 Å². The van der Waals surface area contributed by atoms with Gasteiger partial charge in [-0.3, -0.25) is 9.59 Å². The Morgan fingerprint density at radius 2 is 1.78 bits per heavy atom. The van der Waals surface area contributed by atoms with E-state index >= 15 is 0 Å². The molecule has 1 atom stereocenters. The molecule has 1 aromatic heterocycles. The zero-order valence-electron chi connectivity index (χ0n) is 15.9. The molecule has 0 bridgehead atoms. The smallest absolute Gasteiger partial charge is 0.251 e. The highest BCUT2D eigenvalue weighted by Gasteiger charge is 2.26. The third-order valence-electron chi connectivity index (χ3n) is 5.53. The summed E-state index contributed by atoms with van der Waals surface area (Å²) in [4.78, 5) is 27.2. The number of aromatic nitrogens is 1. The molecule has 1 aliphatic carbocycles. The molecule has 140 valence electrons. The van der Waals surface area contributed by atoms with Gasteiger partial charge in [0, 0.05) is 29.3 Å². The van der Waals surface area contributed by atoms with Crippen molar-refractivity contribution < 1.29 is 4.79 Å². The maximum Gasteiger partial charge on any atom is 0.251 e. The minimum atomic E-state index is 0.00360. The zero-order valence-corrected chi connectivity index (χ0v) is 15.9. The van der Waals surface area contributed by atoms with Crippen LogP contribution in [0.5, 0.6) is 0 Å². The first-order chi connectivity index (χ1) is 13.0. The van der Waals surface area contributed by atoms with Crippen molar-refractivity contribution in [3.63, 3.8) is 0 Å². The third kappa shape index (κ3) is 3.90. The van der Waals surface area contributed by atoms with Gasteiger partial charge in [-0.2, -0.15) is 0 Å². The number of aromatic amines is 1. The quantitative estimate of drug-likeness (QED) is 0.842. The molecule has 0 unspecified atom stereocenters. The van der Waals surface area contributed by atoms with Crippen LogP contribution in [0.25, 0.3) is 5.57 Å². The van der Waals surface area contributed by atoms with Crippen molar-refractivity contribution in [2.45, 2.75) is 57.4 Å². The Kier molecular flexibility index (Phi) is 4.73. The van der Waals surface area contributed by atoms with Crippen molar-refractivity contribution >= 4 is 11.5 Å². The number of H-pyrrole nitrogens is 1. The summed E-state index contributed by atoms with van der Waals surface area (Å²) in [7, 11) is 0. The van der Waals surface area contributed by atoms with Crippen molar-refractivity contribution in [2.24, 2.45) is 0 Å². The lowest BCUT2D eigenvalue weighted by Gasteiger charge is -2.14. The van der Waals surface area contributed by atoms with Crippen LogP contribution in [0.2, 0.25) is 0 Å². The number of rotatable bonds is 5. The monoisotopic (exact) mass is 362 g/mol. The van der Waals surface area contributed by atoms with Crippen LogP contribution in [-0.4, -0.2) is 16.9 Å². The summed E-state index contributed by atoms with van der Waals surface area (Å²) >= 11 is 0. The maximum atomic E-state index is 12.5. The normalized spacial score (nSPS) is 20.2. The van der Waals surface area contributed by atoms with Crippen LogP contribution in [0, 0.1) is 0 Å². The molecule has 1 saturated heterocycles. The summed E-state index contributed by atoms with van der Waals surface area (Å²) < 4.78 is 0. The topological polar surface area (TPSA) is 62.0 Å². The van der Waals surface area contributed by atoms with E-state index in [2.05, 4.69) is 54.5 Å².